The number of aryl methyl sites for hydroxylation is 3. The van der Waals surface area contributed by atoms with Gasteiger partial charge in [0.15, 0.2) is 0 Å². The van der Waals surface area contributed by atoms with Crippen LogP contribution in [0.5, 0.6) is 0 Å². The van der Waals surface area contributed by atoms with Crippen molar-refractivity contribution in [3.8, 4) is 0 Å². The van der Waals surface area contributed by atoms with Crippen molar-refractivity contribution in [3.63, 3.8) is 0 Å². The van der Waals surface area contributed by atoms with Gasteiger partial charge in [0.25, 0.3) is 0 Å². The Bertz CT molecular complexity index is 789. The summed E-state index contributed by atoms with van der Waals surface area (Å²) in [7, 11) is 0. The van der Waals surface area contributed by atoms with Crippen LogP contribution in [0.25, 0.3) is 11.0 Å². The van der Waals surface area contributed by atoms with Crippen molar-refractivity contribution in [2.75, 3.05) is 0 Å². The number of hydrogen-bond donors (Lipinski definition) is 0. The van der Waals surface area contributed by atoms with E-state index in [1.54, 1.807) is 11.8 Å². The van der Waals surface area contributed by atoms with Crippen molar-refractivity contribution < 1.29 is 4.42 Å². The van der Waals surface area contributed by atoms with Crippen molar-refractivity contribution in [2.24, 2.45) is 0 Å². The quantitative estimate of drug-likeness (QED) is 0.562. The first-order valence-corrected chi connectivity index (χ1v) is 7.68. The lowest BCUT2D eigenvalue weighted by Gasteiger charge is -2.02. The average Bonchev–Trinajstić information content (AvgIpc) is 2.68. The summed E-state index contributed by atoms with van der Waals surface area (Å²) in [4.78, 5) is 2.30. The molecule has 3 heteroatoms. The fourth-order valence-corrected chi connectivity index (χ4v) is 3.69. The molecule has 0 aliphatic rings. The molecule has 0 amide bonds. The van der Waals surface area contributed by atoms with Gasteiger partial charge in [-0.15, -0.1) is 0 Å². The van der Waals surface area contributed by atoms with Gasteiger partial charge in [0.1, 0.15) is 11.3 Å². The molecule has 3 rings (SSSR count). The molecule has 0 saturated heterocycles. The summed E-state index contributed by atoms with van der Waals surface area (Å²) in [6.07, 6.45) is 0. The van der Waals surface area contributed by atoms with E-state index in [1.165, 1.54) is 21.4 Å². The van der Waals surface area contributed by atoms with E-state index in [4.69, 9.17) is 16.0 Å². The van der Waals surface area contributed by atoms with Crippen LogP contribution in [0.4, 0.5) is 0 Å². The van der Waals surface area contributed by atoms with E-state index >= 15 is 0 Å². The van der Waals surface area contributed by atoms with Gasteiger partial charge in [0, 0.05) is 15.3 Å². The van der Waals surface area contributed by atoms with Crippen LogP contribution in [0.3, 0.4) is 0 Å². The Balaban J connectivity index is 2.14. The minimum atomic E-state index is 0.757. The van der Waals surface area contributed by atoms with Crippen LogP contribution in [0.2, 0.25) is 5.02 Å². The molecule has 0 aliphatic carbocycles. The van der Waals surface area contributed by atoms with Crippen LogP contribution >= 0.6 is 23.4 Å². The first kappa shape index (κ1) is 13.6. The Morgan fingerprint density at radius 1 is 1.05 bits per heavy atom. The van der Waals surface area contributed by atoms with E-state index in [1.807, 2.05) is 25.1 Å². The van der Waals surface area contributed by atoms with Gasteiger partial charge in [-0.3, -0.25) is 0 Å². The molecule has 0 saturated carbocycles. The first-order chi connectivity index (χ1) is 9.54. The second kappa shape index (κ2) is 5.19. The number of benzene rings is 2. The Hall–Kier alpha value is -1.38. The zero-order valence-corrected chi connectivity index (χ0v) is 13.2. The summed E-state index contributed by atoms with van der Waals surface area (Å²) in [5.41, 5.74) is 3.42. The van der Waals surface area contributed by atoms with Gasteiger partial charge in [-0.2, -0.15) is 0 Å². The molecule has 0 unspecified atom stereocenters. The second-order valence-electron chi connectivity index (χ2n) is 5.01. The third kappa shape index (κ3) is 2.46. The molecule has 1 aromatic heterocycles. The molecule has 0 spiro atoms. The van der Waals surface area contributed by atoms with Crippen molar-refractivity contribution in [2.45, 2.75) is 30.6 Å². The summed E-state index contributed by atoms with van der Waals surface area (Å²) >= 11 is 7.76. The maximum Gasteiger partial charge on any atom is 0.138 e. The van der Waals surface area contributed by atoms with E-state index in [9.17, 15) is 0 Å². The zero-order chi connectivity index (χ0) is 14.3. The fraction of sp³-hybridized carbons (Fsp3) is 0.176. The molecule has 1 heterocycles. The molecule has 0 radical (unpaired) electrons. The van der Waals surface area contributed by atoms with Crippen LogP contribution in [-0.2, 0) is 0 Å². The summed E-state index contributed by atoms with van der Waals surface area (Å²) in [5, 5.41) is 1.94. The smallest absolute Gasteiger partial charge is 0.138 e. The third-order valence-electron chi connectivity index (χ3n) is 3.25. The largest absolute Gasteiger partial charge is 0.460 e. The van der Waals surface area contributed by atoms with Crippen LogP contribution in [0.1, 0.15) is 16.9 Å². The van der Waals surface area contributed by atoms with Crippen molar-refractivity contribution in [1.29, 1.82) is 0 Å². The highest BCUT2D eigenvalue weighted by atomic mass is 35.5. The second-order valence-corrected chi connectivity index (χ2v) is 6.53. The van der Waals surface area contributed by atoms with Crippen LogP contribution in [0, 0.1) is 20.8 Å². The van der Waals surface area contributed by atoms with Gasteiger partial charge in [-0.1, -0.05) is 35.5 Å². The van der Waals surface area contributed by atoms with Crippen LogP contribution in [0.15, 0.2) is 50.6 Å². The predicted octanol–water partition coefficient (Wildman–Crippen LogP) is 6.16. The molecule has 0 aliphatic heterocycles. The van der Waals surface area contributed by atoms with E-state index < -0.39 is 0 Å². The van der Waals surface area contributed by atoms with Crippen LogP contribution in [-0.4, -0.2) is 0 Å². The molecule has 1 nitrogen and oxygen atoms in total. The highest BCUT2D eigenvalue weighted by Gasteiger charge is 2.14. The minimum Gasteiger partial charge on any atom is -0.460 e. The molecular weight excluding hydrogens is 288 g/mol. The number of hydrogen-bond acceptors (Lipinski definition) is 2. The molecule has 2 aromatic carbocycles. The molecule has 20 heavy (non-hydrogen) atoms. The maximum atomic E-state index is 6.06. The SMILES string of the molecule is Cc1cc(C)c2oc(C)c(Sc3cccc(Cl)c3)c2c1. The Kier molecular flexibility index (Phi) is 3.53. The molecule has 0 fully saturated rings. The van der Waals surface area contributed by atoms with E-state index in [0.717, 1.165) is 21.3 Å². The van der Waals surface area contributed by atoms with Gasteiger partial charge in [0.2, 0.25) is 0 Å². The van der Waals surface area contributed by atoms with Gasteiger partial charge in [-0.05, 0) is 56.2 Å². The monoisotopic (exact) mass is 302 g/mol. The third-order valence-corrected chi connectivity index (χ3v) is 4.69. The molecular formula is C17H15ClOS. The Morgan fingerprint density at radius 2 is 1.85 bits per heavy atom. The van der Waals surface area contributed by atoms with Crippen molar-refractivity contribution >= 4 is 34.3 Å². The fourth-order valence-electron chi connectivity index (χ4n) is 2.42. The lowest BCUT2D eigenvalue weighted by atomic mass is 10.1. The minimum absolute atomic E-state index is 0.757. The van der Waals surface area contributed by atoms with Crippen molar-refractivity contribution in [1.82, 2.24) is 0 Å². The van der Waals surface area contributed by atoms with E-state index in [-0.39, 0.29) is 0 Å². The Morgan fingerprint density at radius 3 is 2.60 bits per heavy atom. The summed E-state index contributed by atoms with van der Waals surface area (Å²) in [5.74, 6) is 0.957. The predicted molar refractivity (Wildman–Crippen MR) is 86.0 cm³/mol. The topological polar surface area (TPSA) is 13.1 Å². The zero-order valence-electron chi connectivity index (χ0n) is 11.7. The van der Waals surface area contributed by atoms with Gasteiger partial charge >= 0.3 is 0 Å². The highest BCUT2D eigenvalue weighted by molar-refractivity contribution is 7.99. The van der Waals surface area contributed by atoms with Gasteiger partial charge < -0.3 is 4.42 Å². The normalized spacial score (nSPS) is 11.2. The number of rotatable bonds is 2. The molecule has 102 valence electrons. The lowest BCUT2D eigenvalue weighted by molar-refractivity contribution is 0.566. The highest BCUT2D eigenvalue weighted by Crippen LogP contribution is 2.40. The summed E-state index contributed by atoms with van der Waals surface area (Å²) < 4.78 is 5.93. The van der Waals surface area contributed by atoms with Crippen LogP contribution < -0.4 is 0 Å². The standard InChI is InChI=1S/C17H15ClOS/c1-10-7-11(2)16-15(8-10)17(12(3)19-16)20-14-6-4-5-13(18)9-14/h4-9H,1-3H3. The molecule has 0 N–H and O–H groups in total. The number of halogens is 1. The number of furan rings is 1. The maximum absolute atomic E-state index is 6.06. The van der Waals surface area contributed by atoms with Crippen molar-refractivity contribution in [3.05, 3.63) is 58.3 Å². The van der Waals surface area contributed by atoms with Gasteiger partial charge in [0.05, 0.1) is 4.90 Å². The average molecular weight is 303 g/mol. The molecule has 3 aromatic rings. The lowest BCUT2D eigenvalue weighted by Crippen LogP contribution is -1.79. The van der Waals surface area contributed by atoms with E-state index in [0.29, 0.717) is 0 Å². The first-order valence-electron chi connectivity index (χ1n) is 6.48. The molecule has 0 bridgehead atoms. The summed E-state index contributed by atoms with van der Waals surface area (Å²) in [6, 6.07) is 12.2. The molecule has 0 atom stereocenters. The Labute approximate surface area is 127 Å². The van der Waals surface area contributed by atoms with Gasteiger partial charge in [-0.25, -0.2) is 0 Å². The number of fused-ring (bicyclic) bond motifs is 1. The van der Waals surface area contributed by atoms with E-state index in [2.05, 4.69) is 32.0 Å². The summed E-state index contributed by atoms with van der Waals surface area (Å²) in [6.45, 7) is 6.22.